The molecule has 0 spiro atoms. The first kappa shape index (κ1) is 14.1. The van der Waals surface area contributed by atoms with E-state index in [2.05, 4.69) is 21.6 Å². The average Bonchev–Trinajstić information content (AvgIpc) is 3.21. The van der Waals surface area contributed by atoms with Gasteiger partial charge in [-0.05, 0) is 50.1 Å². The van der Waals surface area contributed by atoms with Gasteiger partial charge >= 0.3 is 0 Å². The van der Waals surface area contributed by atoms with Gasteiger partial charge in [0.25, 0.3) is 0 Å². The minimum absolute atomic E-state index is 0.685. The van der Waals surface area contributed by atoms with Gasteiger partial charge in [-0.25, -0.2) is 0 Å². The van der Waals surface area contributed by atoms with Crippen LogP contribution < -0.4 is 4.74 Å². The maximum atomic E-state index is 5.89. The van der Waals surface area contributed by atoms with Gasteiger partial charge in [0.15, 0.2) is 0 Å². The normalized spacial score (nSPS) is 13.8. The highest BCUT2D eigenvalue weighted by molar-refractivity contribution is 5.59. The molecule has 0 saturated carbocycles. The molecule has 0 unspecified atom stereocenters. The predicted octanol–water partition coefficient (Wildman–Crippen LogP) is 3.90. The molecule has 0 N–H and O–H groups in total. The molecule has 0 aliphatic carbocycles. The van der Waals surface area contributed by atoms with Crippen molar-refractivity contribution in [3.8, 4) is 22.9 Å². The van der Waals surface area contributed by atoms with Crippen LogP contribution in [0.5, 0.6) is 11.6 Å². The number of aryl methyl sites for hydroxylation is 3. The summed E-state index contributed by atoms with van der Waals surface area (Å²) in [4.78, 5) is 4.57. The summed E-state index contributed by atoms with van der Waals surface area (Å²) in [6.07, 6.45) is 7.49. The van der Waals surface area contributed by atoms with Crippen LogP contribution in [-0.2, 0) is 19.5 Å². The number of nitrogens with zero attached hydrogens (tertiary/aromatic N) is 4. The van der Waals surface area contributed by atoms with Gasteiger partial charge < -0.3 is 9.30 Å². The molecule has 118 valence electrons. The molecule has 4 rings (SSSR count). The quantitative estimate of drug-likeness (QED) is 0.734. The Kier molecular flexibility index (Phi) is 3.61. The molecule has 0 atom stereocenters. The molecule has 3 aromatic rings. The van der Waals surface area contributed by atoms with Gasteiger partial charge in [0.1, 0.15) is 11.6 Å². The maximum Gasteiger partial charge on any atom is 0.237 e. The van der Waals surface area contributed by atoms with Crippen LogP contribution in [0.2, 0.25) is 0 Å². The molecule has 23 heavy (non-hydrogen) atoms. The Bertz CT molecular complexity index is 777. The summed E-state index contributed by atoms with van der Waals surface area (Å²) in [5, 5.41) is 4.52. The standard InChI is InChI=1S/C18H20N4O/c1-2-22-12-10-16(20-22)14-6-8-15(9-7-14)23-18-13-21-11-4-3-5-17(21)19-18/h6-10,12-13H,2-5,11H2,1H3. The largest absolute Gasteiger partial charge is 0.438 e. The molecule has 0 amide bonds. The second kappa shape index (κ2) is 5.91. The molecular weight excluding hydrogens is 288 g/mol. The molecule has 0 bridgehead atoms. The fourth-order valence-corrected chi connectivity index (χ4v) is 2.94. The van der Waals surface area contributed by atoms with Crippen LogP contribution >= 0.6 is 0 Å². The highest BCUT2D eigenvalue weighted by Crippen LogP contribution is 2.26. The molecular formula is C18H20N4O. The van der Waals surface area contributed by atoms with Crippen molar-refractivity contribution in [2.24, 2.45) is 0 Å². The van der Waals surface area contributed by atoms with Gasteiger partial charge in [-0.2, -0.15) is 10.1 Å². The van der Waals surface area contributed by atoms with Gasteiger partial charge in [0.05, 0.1) is 11.9 Å². The third-order valence-electron chi connectivity index (χ3n) is 4.22. The summed E-state index contributed by atoms with van der Waals surface area (Å²) in [5.74, 6) is 2.62. The minimum Gasteiger partial charge on any atom is -0.438 e. The molecule has 5 heteroatoms. The molecule has 2 aromatic heterocycles. The highest BCUT2D eigenvalue weighted by Gasteiger charge is 2.13. The fourth-order valence-electron chi connectivity index (χ4n) is 2.94. The van der Waals surface area contributed by atoms with Crippen molar-refractivity contribution in [3.63, 3.8) is 0 Å². The summed E-state index contributed by atoms with van der Waals surface area (Å²) < 4.78 is 10.0. The maximum absolute atomic E-state index is 5.89. The van der Waals surface area contributed by atoms with Crippen LogP contribution in [0.1, 0.15) is 25.6 Å². The van der Waals surface area contributed by atoms with Crippen LogP contribution in [0.25, 0.3) is 11.3 Å². The van der Waals surface area contributed by atoms with E-state index >= 15 is 0 Å². The van der Waals surface area contributed by atoms with Crippen molar-refractivity contribution in [3.05, 3.63) is 48.5 Å². The Hall–Kier alpha value is -2.56. The number of imidazole rings is 1. The molecule has 1 aromatic carbocycles. The zero-order valence-corrected chi connectivity index (χ0v) is 13.3. The molecule has 5 nitrogen and oxygen atoms in total. The van der Waals surface area contributed by atoms with Gasteiger partial charge in [-0.3, -0.25) is 4.68 Å². The monoisotopic (exact) mass is 308 g/mol. The predicted molar refractivity (Wildman–Crippen MR) is 88.6 cm³/mol. The van der Waals surface area contributed by atoms with E-state index in [4.69, 9.17) is 4.74 Å². The third kappa shape index (κ3) is 2.86. The van der Waals surface area contributed by atoms with Crippen LogP contribution in [0.15, 0.2) is 42.7 Å². The van der Waals surface area contributed by atoms with Crippen molar-refractivity contribution in [1.82, 2.24) is 19.3 Å². The van der Waals surface area contributed by atoms with Crippen molar-refractivity contribution < 1.29 is 4.74 Å². The lowest BCUT2D eigenvalue weighted by molar-refractivity contribution is 0.464. The summed E-state index contributed by atoms with van der Waals surface area (Å²) in [5.41, 5.74) is 2.07. The molecule has 0 radical (unpaired) electrons. The third-order valence-corrected chi connectivity index (χ3v) is 4.22. The molecule has 3 heterocycles. The smallest absolute Gasteiger partial charge is 0.237 e. The number of benzene rings is 1. The molecule has 1 aliphatic heterocycles. The highest BCUT2D eigenvalue weighted by atomic mass is 16.5. The van der Waals surface area contributed by atoms with Gasteiger partial charge in [-0.15, -0.1) is 0 Å². The van der Waals surface area contributed by atoms with E-state index in [9.17, 15) is 0 Å². The van der Waals surface area contributed by atoms with E-state index in [0.717, 1.165) is 42.3 Å². The minimum atomic E-state index is 0.685. The molecule has 0 fully saturated rings. The van der Waals surface area contributed by atoms with Gasteiger partial charge in [0.2, 0.25) is 5.88 Å². The van der Waals surface area contributed by atoms with E-state index in [1.54, 1.807) is 0 Å². The Morgan fingerprint density at radius 2 is 2.00 bits per heavy atom. The second-order valence-electron chi connectivity index (χ2n) is 5.83. The summed E-state index contributed by atoms with van der Waals surface area (Å²) in [6, 6.07) is 10.0. The van der Waals surface area contributed by atoms with Crippen LogP contribution in [0.4, 0.5) is 0 Å². The Labute approximate surface area is 135 Å². The molecule has 0 saturated heterocycles. The van der Waals surface area contributed by atoms with E-state index < -0.39 is 0 Å². The van der Waals surface area contributed by atoms with Crippen LogP contribution in [-0.4, -0.2) is 19.3 Å². The Balaban J connectivity index is 1.50. The van der Waals surface area contributed by atoms with E-state index in [1.165, 1.54) is 12.8 Å². The number of rotatable bonds is 4. The number of ether oxygens (including phenoxy) is 1. The van der Waals surface area contributed by atoms with E-state index in [1.807, 2.05) is 47.4 Å². The van der Waals surface area contributed by atoms with E-state index in [0.29, 0.717) is 5.88 Å². The van der Waals surface area contributed by atoms with Gasteiger partial charge in [0, 0.05) is 31.3 Å². The summed E-state index contributed by atoms with van der Waals surface area (Å²) >= 11 is 0. The molecule has 1 aliphatic rings. The fraction of sp³-hybridized carbons (Fsp3) is 0.333. The first-order valence-corrected chi connectivity index (χ1v) is 8.19. The Morgan fingerprint density at radius 3 is 2.74 bits per heavy atom. The first-order chi connectivity index (χ1) is 11.3. The topological polar surface area (TPSA) is 44.9 Å². The SMILES string of the molecule is CCn1ccc(-c2ccc(Oc3cn4c(n3)CCCC4)cc2)n1. The van der Waals surface area contributed by atoms with Crippen molar-refractivity contribution >= 4 is 0 Å². The lowest BCUT2D eigenvalue weighted by atomic mass is 10.1. The van der Waals surface area contributed by atoms with Crippen LogP contribution in [0.3, 0.4) is 0 Å². The first-order valence-electron chi connectivity index (χ1n) is 8.19. The number of aromatic nitrogens is 4. The Morgan fingerprint density at radius 1 is 1.13 bits per heavy atom. The number of hydrogen-bond acceptors (Lipinski definition) is 3. The zero-order chi connectivity index (χ0) is 15.6. The lowest BCUT2D eigenvalue weighted by Crippen LogP contribution is -2.08. The number of hydrogen-bond donors (Lipinski definition) is 0. The van der Waals surface area contributed by atoms with Crippen molar-refractivity contribution in [2.75, 3.05) is 0 Å². The number of fused-ring (bicyclic) bond motifs is 1. The zero-order valence-electron chi connectivity index (χ0n) is 13.3. The second-order valence-corrected chi connectivity index (χ2v) is 5.83. The lowest BCUT2D eigenvalue weighted by Gasteiger charge is -2.11. The average molecular weight is 308 g/mol. The van der Waals surface area contributed by atoms with E-state index in [-0.39, 0.29) is 0 Å². The van der Waals surface area contributed by atoms with Crippen molar-refractivity contribution in [1.29, 1.82) is 0 Å². The van der Waals surface area contributed by atoms with Crippen LogP contribution in [0, 0.1) is 0 Å². The van der Waals surface area contributed by atoms with Gasteiger partial charge in [-0.1, -0.05) is 0 Å². The summed E-state index contributed by atoms with van der Waals surface area (Å²) in [7, 11) is 0. The summed E-state index contributed by atoms with van der Waals surface area (Å²) in [6.45, 7) is 4.01. The van der Waals surface area contributed by atoms with Crippen molar-refractivity contribution in [2.45, 2.75) is 39.3 Å².